The molecule has 0 spiro atoms. The Kier molecular flexibility index (Phi) is 6.42. The number of aromatic nitrogens is 2. The molecule has 0 aliphatic heterocycles. The van der Waals surface area contributed by atoms with E-state index in [0.29, 0.717) is 5.82 Å². The number of hydrogen-bond donors (Lipinski definition) is 1. The van der Waals surface area contributed by atoms with Gasteiger partial charge in [0, 0.05) is 24.6 Å². The minimum atomic E-state index is -3.44. The van der Waals surface area contributed by atoms with Crippen LogP contribution < -0.4 is 4.90 Å². The van der Waals surface area contributed by atoms with Gasteiger partial charge in [0.2, 0.25) is 5.91 Å². The number of nitrogens with zero attached hydrogens (tertiary/aromatic N) is 3. The molecular formula is C20H22ClN3O5S. The summed E-state index contributed by atoms with van der Waals surface area (Å²) in [5, 5.41) is 9.19. The summed E-state index contributed by atoms with van der Waals surface area (Å²) in [6, 6.07) is 4.66. The quantitative estimate of drug-likeness (QED) is 0.715. The predicted octanol–water partition coefficient (Wildman–Crippen LogP) is 3.31. The van der Waals surface area contributed by atoms with E-state index in [9.17, 15) is 18.0 Å². The van der Waals surface area contributed by atoms with Crippen LogP contribution in [0.25, 0.3) is 0 Å². The van der Waals surface area contributed by atoms with Crippen LogP contribution in [0.2, 0.25) is 5.02 Å². The van der Waals surface area contributed by atoms with Crippen molar-refractivity contribution in [1.82, 2.24) is 9.97 Å². The van der Waals surface area contributed by atoms with Crippen molar-refractivity contribution in [3.05, 3.63) is 46.9 Å². The molecule has 1 aromatic carbocycles. The third-order valence-electron chi connectivity index (χ3n) is 5.27. The monoisotopic (exact) mass is 451 g/mol. The Morgan fingerprint density at radius 3 is 2.50 bits per heavy atom. The number of hydrogen-bond acceptors (Lipinski definition) is 6. The van der Waals surface area contributed by atoms with Gasteiger partial charge in [-0.15, -0.1) is 0 Å². The van der Waals surface area contributed by atoms with E-state index < -0.39 is 15.8 Å². The number of benzene rings is 1. The fraction of sp³-hybridized carbons (Fsp3) is 0.400. The number of carboxylic acid groups (broad SMARTS) is 1. The van der Waals surface area contributed by atoms with Crippen molar-refractivity contribution in [2.24, 2.45) is 0 Å². The van der Waals surface area contributed by atoms with Gasteiger partial charge in [0.05, 0.1) is 22.3 Å². The molecule has 1 aromatic heterocycles. The van der Waals surface area contributed by atoms with E-state index in [4.69, 9.17) is 16.7 Å². The van der Waals surface area contributed by atoms with Gasteiger partial charge in [-0.25, -0.2) is 23.2 Å². The van der Waals surface area contributed by atoms with Crippen LogP contribution in [0.4, 0.5) is 5.82 Å². The standard InChI is InChI=1S/C20H22ClN3O5S/c1-3-19(25)24(18-11-22-15(10-23-18)20(26)27)16-6-4-5-13(16)12-7-8-17(14(21)9-12)30(2,28)29/h7-11,13,16H,3-6H2,1-2H3,(H,26,27). The lowest BCUT2D eigenvalue weighted by molar-refractivity contribution is -0.118. The molecule has 0 bridgehead atoms. The van der Waals surface area contributed by atoms with E-state index in [1.807, 2.05) is 0 Å². The molecule has 1 amide bonds. The van der Waals surface area contributed by atoms with Gasteiger partial charge in [0.25, 0.3) is 0 Å². The summed E-state index contributed by atoms with van der Waals surface area (Å²) >= 11 is 6.24. The number of carbonyl (C=O) groups excluding carboxylic acids is 1. The molecule has 8 nitrogen and oxygen atoms in total. The second kappa shape index (κ2) is 8.69. The first-order valence-corrected chi connectivity index (χ1v) is 11.8. The molecule has 10 heteroatoms. The third-order valence-corrected chi connectivity index (χ3v) is 6.85. The van der Waals surface area contributed by atoms with E-state index in [-0.39, 0.29) is 39.9 Å². The maximum atomic E-state index is 12.8. The number of aromatic carboxylic acids is 1. The molecule has 2 aromatic rings. The van der Waals surface area contributed by atoms with Crippen LogP contribution in [0.1, 0.15) is 54.6 Å². The minimum absolute atomic E-state index is 0.0624. The molecule has 2 atom stereocenters. The number of rotatable bonds is 6. The fourth-order valence-corrected chi connectivity index (χ4v) is 5.23. The van der Waals surface area contributed by atoms with E-state index in [2.05, 4.69) is 9.97 Å². The van der Waals surface area contributed by atoms with Crippen LogP contribution in [-0.2, 0) is 14.6 Å². The highest BCUT2D eigenvalue weighted by Gasteiger charge is 2.37. The Hall–Kier alpha value is -2.52. The van der Waals surface area contributed by atoms with Crippen molar-refractivity contribution in [2.75, 3.05) is 11.2 Å². The summed E-state index contributed by atoms with van der Waals surface area (Å²) in [6.45, 7) is 1.75. The van der Waals surface area contributed by atoms with Crippen LogP contribution in [0.3, 0.4) is 0 Å². The van der Waals surface area contributed by atoms with E-state index in [1.165, 1.54) is 12.3 Å². The van der Waals surface area contributed by atoms with Gasteiger partial charge in [-0.2, -0.15) is 0 Å². The Bertz CT molecular complexity index is 1070. The Morgan fingerprint density at radius 2 is 1.97 bits per heavy atom. The highest BCUT2D eigenvalue weighted by molar-refractivity contribution is 7.90. The van der Waals surface area contributed by atoms with Gasteiger partial charge >= 0.3 is 5.97 Å². The molecule has 160 valence electrons. The van der Waals surface area contributed by atoms with Crippen LogP contribution in [-0.4, -0.2) is 47.7 Å². The molecule has 1 fully saturated rings. The Labute approximate surface area is 179 Å². The number of amides is 1. The third kappa shape index (κ3) is 4.46. The van der Waals surface area contributed by atoms with Crippen LogP contribution >= 0.6 is 11.6 Å². The molecule has 30 heavy (non-hydrogen) atoms. The number of carboxylic acids is 1. The fourth-order valence-electron chi connectivity index (χ4n) is 3.90. The largest absolute Gasteiger partial charge is 0.476 e. The smallest absolute Gasteiger partial charge is 0.356 e. The predicted molar refractivity (Wildman–Crippen MR) is 112 cm³/mol. The van der Waals surface area contributed by atoms with Crippen LogP contribution in [0.5, 0.6) is 0 Å². The average Bonchev–Trinajstić information content (AvgIpc) is 3.16. The van der Waals surface area contributed by atoms with Gasteiger partial charge in [0.1, 0.15) is 0 Å². The minimum Gasteiger partial charge on any atom is -0.476 e. The molecule has 3 rings (SSSR count). The van der Waals surface area contributed by atoms with Crippen molar-refractivity contribution in [1.29, 1.82) is 0 Å². The normalized spacial score (nSPS) is 18.9. The Balaban J connectivity index is 1.99. The molecule has 0 radical (unpaired) electrons. The SMILES string of the molecule is CCC(=O)N(c1cnc(C(=O)O)cn1)C1CCCC1c1ccc(S(C)(=O)=O)c(Cl)c1. The number of anilines is 1. The summed E-state index contributed by atoms with van der Waals surface area (Å²) in [6.07, 6.45) is 6.18. The summed E-state index contributed by atoms with van der Waals surface area (Å²) in [4.78, 5) is 33.5. The first-order valence-electron chi connectivity index (χ1n) is 9.50. The first-order chi connectivity index (χ1) is 14.1. The van der Waals surface area contributed by atoms with Gasteiger partial charge in [0.15, 0.2) is 21.3 Å². The van der Waals surface area contributed by atoms with Gasteiger partial charge in [-0.3, -0.25) is 9.69 Å². The lowest BCUT2D eigenvalue weighted by Gasteiger charge is -2.32. The van der Waals surface area contributed by atoms with Crippen molar-refractivity contribution in [3.63, 3.8) is 0 Å². The van der Waals surface area contributed by atoms with Crippen molar-refractivity contribution >= 4 is 39.1 Å². The highest BCUT2D eigenvalue weighted by Crippen LogP contribution is 2.41. The maximum Gasteiger partial charge on any atom is 0.356 e. The summed E-state index contributed by atoms with van der Waals surface area (Å²) < 4.78 is 23.7. The summed E-state index contributed by atoms with van der Waals surface area (Å²) in [5.41, 5.74) is 0.646. The molecule has 1 N–H and O–H groups in total. The van der Waals surface area contributed by atoms with Crippen molar-refractivity contribution in [2.45, 2.75) is 49.5 Å². The lowest BCUT2D eigenvalue weighted by Crippen LogP contribution is -2.42. The van der Waals surface area contributed by atoms with Crippen molar-refractivity contribution < 1.29 is 23.1 Å². The highest BCUT2D eigenvalue weighted by atomic mass is 35.5. The Morgan fingerprint density at radius 1 is 1.23 bits per heavy atom. The van der Waals surface area contributed by atoms with E-state index in [0.717, 1.165) is 37.3 Å². The molecular weight excluding hydrogens is 430 g/mol. The zero-order valence-electron chi connectivity index (χ0n) is 16.6. The van der Waals surface area contributed by atoms with E-state index >= 15 is 0 Å². The summed E-state index contributed by atoms with van der Waals surface area (Å²) in [7, 11) is -3.44. The molecule has 0 saturated heterocycles. The molecule has 1 saturated carbocycles. The average molecular weight is 452 g/mol. The van der Waals surface area contributed by atoms with Gasteiger partial charge in [-0.05, 0) is 30.5 Å². The van der Waals surface area contributed by atoms with Crippen molar-refractivity contribution in [3.8, 4) is 0 Å². The second-order valence-corrected chi connectivity index (χ2v) is 9.64. The van der Waals surface area contributed by atoms with Crippen LogP contribution in [0.15, 0.2) is 35.5 Å². The maximum absolute atomic E-state index is 12.8. The topological polar surface area (TPSA) is 118 Å². The van der Waals surface area contributed by atoms with Crippen LogP contribution in [0, 0.1) is 0 Å². The number of halogens is 1. The number of sulfone groups is 1. The zero-order chi connectivity index (χ0) is 22.1. The molecule has 1 aliphatic carbocycles. The molecule has 1 aliphatic rings. The van der Waals surface area contributed by atoms with Gasteiger partial charge < -0.3 is 5.11 Å². The molecule has 1 heterocycles. The first kappa shape index (κ1) is 22.2. The van der Waals surface area contributed by atoms with Gasteiger partial charge in [-0.1, -0.05) is 31.0 Å². The number of carbonyl (C=O) groups is 2. The van der Waals surface area contributed by atoms with E-state index in [1.54, 1.807) is 24.0 Å². The second-order valence-electron chi connectivity index (χ2n) is 7.25. The molecule has 2 unspecified atom stereocenters. The lowest BCUT2D eigenvalue weighted by atomic mass is 9.92. The summed E-state index contributed by atoms with van der Waals surface area (Å²) in [5.74, 6) is -1.11. The zero-order valence-corrected chi connectivity index (χ0v) is 18.2.